The Morgan fingerprint density at radius 3 is 2.71 bits per heavy atom. The minimum absolute atomic E-state index is 0.170. The second kappa shape index (κ2) is 4.06. The zero-order valence-corrected chi connectivity index (χ0v) is 5.51. The molecule has 0 saturated heterocycles. The minimum atomic E-state index is -2.71. The average Bonchev–Trinajstić information content (AvgIpc) is 1.61. The summed E-state index contributed by atoms with van der Waals surface area (Å²) in [5.41, 5.74) is 0. The van der Waals surface area contributed by atoms with Gasteiger partial charge in [0, 0.05) is 0 Å². The molecule has 0 rings (SSSR count). The Labute approximate surface area is 47.3 Å². The van der Waals surface area contributed by atoms with Crippen LogP contribution in [0.2, 0.25) is 5.32 Å². The molecule has 40 valence electrons. The van der Waals surface area contributed by atoms with Gasteiger partial charge >= 0.3 is 46.6 Å². The van der Waals surface area contributed by atoms with E-state index in [4.69, 9.17) is 0 Å². The van der Waals surface area contributed by atoms with Crippen LogP contribution in [0.3, 0.4) is 0 Å². The van der Waals surface area contributed by atoms with Gasteiger partial charge < -0.3 is 0 Å². The predicted molar refractivity (Wildman–Crippen MR) is 25.7 cm³/mol. The van der Waals surface area contributed by atoms with E-state index in [9.17, 15) is 8.02 Å². The first kappa shape index (κ1) is 6.89. The Hall–Kier alpha value is -0.111. The molecule has 0 fully saturated rings. The second-order valence-electron chi connectivity index (χ2n) is 0.942. The average molecular weight is 165 g/mol. The molecule has 0 bridgehead atoms. The molecular formula is C4H6O2Se. The molecule has 0 radical (unpaired) electrons. The van der Waals surface area contributed by atoms with E-state index in [0.717, 1.165) is 0 Å². The summed E-state index contributed by atoms with van der Waals surface area (Å²) in [6.07, 6.45) is 3.00. The van der Waals surface area contributed by atoms with Gasteiger partial charge in [0.1, 0.15) is 0 Å². The van der Waals surface area contributed by atoms with Gasteiger partial charge in [-0.05, 0) is 0 Å². The van der Waals surface area contributed by atoms with Gasteiger partial charge in [-0.2, -0.15) is 0 Å². The first-order chi connectivity index (χ1) is 3.27. The van der Waals surface area contributed by atoms with Gasteiger partial charge in [-0.1, -0.05) is 0 Å². The van der Waals surface area contributed by atoms with Gasteiger partial charge in [-0.15, -0.1) is 0 Å². The summed E-state index contributed by atoms with van der Waals surface area (Å²) in [5.74, 6) is 0. The number of allylic oxidation sites excluding steroid dienone is 1. The monoisotopic (exact) mass is 166 g/mol. The van der Waals surface area contributed by atoms with Crippen LogP contribution in [-0.4, -0.2) is 14.2 Å². The van der Waals surface area contributed by atoms with E-state index in [-0.39, 0.29) is 5.32 Å². The van der Waals surface area contributed by atoms with Crippen LogP contribution in [0.25, 0.3) is 0 Å². The second-order valence-corrected chi connectivity index (χ2v) is 2.92. The van der Waals surface area contributed by atoms with E-state index in [0.29, 0.717) is 0 Å². The molecule has 0 heterocycles. The van der Waals surface area contributed by atoms with Crippen LogP contribution in [0.1, 0.15) is 0 Å². The summed E-state index contributed by atoms with van der Waals surface area (Å²) < 4.78 is 19.6. The van der Waals surface area contributed by atoms with Crippen LogP contribution in [0.15, 0.2) is 12.7 Å². The van der Waals surface area contributed by atoms with Gasteiger partial charge in [0.25, 0.3) is 0 Å². The molecule has 0 aromatic carbocycles. The van der Waals surface area contributed by atoms with Crippen LogP contribution >= 0.6 is 0 Å². The first-order valence-electron chi connectivity index (χ1n) is 1.77. The first-order valence-corrected chi connectivity index (χ1v) is 4.38. The van der Waals surface area contributed by atoms with Crippen LogP contribution in [0, 0.1) is 6.42 Å². The Bertz CT molecular complexity index is 79.8. The van der Waals surface area contributed by atoms with Gasteiger partial charge in [0.2, 0.25) is 0 Å². The standard InChI is InChI=1S/C4H6O2Se/c1-2-3-4-7(5)6/h2-3H,1,4H2. The Morgan fingerprint density at radius 1 is 2.00 bits per heavy atom. The fourth-order valence-corrected chi connectivity index (χ4v) is 0.762. The van der Waals surface area contributed by atoms with Crippen molar-refractivity contribution in [2.24, 2.45) is 0 Å². The Kier molecular flexibility index (Phi) is 4.00. The van der Waals surface area contributed by atoms with Crippen LogP contribution < -0.4 is 4.19 Å². The Morgan fingerprint density at radius 2 is 2.57 bits per heavy atom. The van der Waals surface area contributed by atoms with Crippen molar-refractivity contribution < 1.29 is 8.02 Å². The van der Waals surface area contributed by atoms with E-state index >= 15 is 0 Å². The van der Waals surface area contributed by atoms with Crippen LogP contribution in [0.4, 0.5) is 0 Å². The third-order valence-corrected chi connectivity index (χ3v) is 1.37. The molecule has 0 aliphatic carbocycles. The van der Waals surface area contributed by atoms with Crippen molar-refractivity contribution >= 4 is 14.2 Å². The van der Waals surface area contributed by atoms with Crippen molar-refractivity contribution in [1.82, 2.24) is 0 Å². The molecule has 0 amide bonds. The maximum atomic E-state index is 9.78. The van der Waals surface area contributed by atoms with Crippen LogP contribution in [-0.2, 0) is 3.83 Å². The van der Waals surface area contributed by atoms with Crippen molar-refractivity contribution in [3.63, 3.8) is 0 Å². The maximum absolute atomic E-state index is 9.78. The summed E-state index contributed by atoms with van der Waals surface area (Å²) in [6.45, 7) is 3.32. The normalized spacial score (nSPS) is 12.7. The summed E-state index contributed by atoms with van der Waals surface area (Å²) in [5, 5.41) is 0.170. The topological polar surface area (TPSA) is 40.1 Å². The molecule has 2 nitrogen and oxygen atoms in total. The molecule has 7 heavy (non-hydrogen) atoms. The molecule has 0 aromatic heterocycles. The molecule has 3 heteroatoms. The van der Waals surface area contributed by atoms with E-state index in [1.54, 1.807) is 0 Å². The molecule has 0 aliphatic rings. The molecule has 1 atom stereocenters. The van der Waals surface area contributed by atoms with Gasteiger partial charge in [-0.25, -0.2) is 0 Å². The molecular weight excluding hydrogens is 159 g/mol. The van der Waals surface area contributed by atoms with E-state index in [2.05, 4.69) is 6.58 Å². The molecule has 0 aliphatic heterocycles. The summed E-state index contributed by atoms with van der Waals surface area (Å²) in [4.78, 5) is 0. The van der Waals surface area contributed by atoms with Crippen molar-refractivity contribution in [3.05, 3.63) is 19.1 Å². The van der Waals surface area contributed by atoms with E-state index in [1.165, 1.54) is 12.5 Å². The fourth-order valence-electron chi connectivity index (χ4n) is 0.147. The quantitative estimate of drug-likeness (QED) is 0.423. The fraction of sp³-hybridized carbons (Fsp3) is 0.250. The SMILES string of the molecule is C=C[CH+]C[Se](=O)[O-]. The number of rotatable bonds is 3. The Balaban J connectivity index is 2.97. The summed E-state index contributed by atoms with van der Waals surface area (Å²) in [7, 11) is 0. The molecule has 0 saturated carbocycles. The third-order valence-electron chi connectivity index (χ3n) is 0.399. The van der Waals surface area contributed by atoms with Crippen molar-refractivity contribution in [1.29, 1.82) is 0 Å². The molecule has 1 unspecified atom stereocenters. The van der Waals surface area contributed by atoms with Crippen molar-refractivity contribution in [3.8, 4) is 0 Å². The van der Waals surface area contributed by atoms with Gasteiger partial charge in [0.15, 0.2) is 0 Å². The zero-order valence-electron chi connectivity index (χ0n) is 3.79. The molecule has 0 spiro atoms. The number of hydrogen-bond donors (Lipinski definition) is 0. The number of hydrogen-bond acceptors (Lipinski definition) is 2. The molecule has 0 aromatic rings. The predicted octanol–water partition coefficient (Wildman–Crippen LogP) is -0.344. The molecule has 0 N–H and O–H groups in total. The van der Waals surface area contributed by atoms with Crippen LogP contribution in [0.5, 0.6) is 0 Å². The van der Waals surface area contributed by atoms with E-state index in [1.807, 2.05) is 0 Å². The van der Waals surface area contributed by atoms with Gasteiger partial charge in [0.05, 0.1) is 0 Å². The van der Waals surface area contributed by atoms with E-state index < -0.39 is 14.2 Å². The van der Waals surface area contributed by atoms with Crippen molar-refractivity contribution in [2.45, 2.75) is 5.32 Å². The summed E-state index contributed by atoms with van der Waals surface area (Å²) in [6, 6.07) is 0. The van der Waals surface area contributed by atoms with Gasteiger partial charge in [-0.3, -0.25) is 0 Å². The summed E-state index contributed by atoms with van der Waals surface area (Å²) >= 11 is -2.71. The zero-order chi connectivity index (χ0) is 5.70. The van der Waals surface area contributed by atoms with Crippen molar-refractivity contribution in [2.75, 3.05) is 0 Å². The third kappa shape index (κ3) is 5.89.